The maximum absolute atomic E-state index is 12.0. The van der Waals surface area contributed by atoms with Crippen LogP contribution in [0.15, 0.2) is 54.7 Å². The van der Waals surface area contributed by atoms with Crippen LogP contribution < -0.4 is 10.1 Å². The van der Waals surface area contributed by atoms with Gasteiger partial charge in [-0.2, -0.15) is 0 Å². The van der Waals surface area contributed by atoms with E-state index in [-0.39, 0.29) is 5.91 Å². The first kappa shape index (κ1) is 15.2. The first-order chi connectivity index (χ1) is 11.2. The number of aromatic nitrogens is 1. The molecule has 2 N–H and O–H groups in total. The van der Waals surface area contributed by atoms with Gasteiger partial charge in [0.05, 0.1) is 13.5 Å². The molecule has 0 saturated carbocycles. The Morgan fingerprint density at radius 3 is 2.65 bits per heavy atom. The van der Waals surface area contributed by atoms with E-state index in [9.17, 15) is 4.79 Å². The van der Waals surface area contributed by atoms with Crippen molar-refractivity contribution >= 4 is 16.8 Å². The maximum atomic E-state index is 12.0. The quantitative estimate of drug-likeness (QED) is 0.735. The molecule has 0 unspecified atom stereocenters. The van der Waals surface area contributed by atoms with Crippen molar-refractivity contribution in [2.45, 2.75) is 12.8 Å². The van der Waals surface area contributed by atoms with Gasteiger partial charge >= 0.3 is 0 Å². The minimum absolute atomic E-state index is 0.0494. The number of nitrogens with one attached hydrogen (secondary N) is 2. The summed E-state index contributed by atoms with van der Waals surface area (Å²) in [7, 11) is 1.65. The van der Waals surface area contributed by atoms with Crippen LogP contribution in [0.4, 0.5) is 0 Å². The summed E-state index contributed by atoms with van der Waals surface area (Å²) in [6.45, 7) is 0.636. The van der Waals surface area contributed by atoms with Crippen LogP contribution in [-0.2, 0) is 17.6 Å². The lowest BCUT2D eigenvalue weighted by Crippen LogP contribution is -2.27. The van der Waals surface area contributed by atoms with Gasteiger partial charge in [-0.1, -0.05) is 18.2 Å². The van der Waals surface area contributed by atoms with E-state index in [1.807, 2.05) is 48.7 Å². The number of aromatic amines is 1. The molecule has 1 heterocycles. The Bertz CT molecular complexity index is 790. The third kappa shape index (κ3) is 3.92. The number of benzene rings is 2. The summed E-state index contributed by atoms with van der Waals surface area (Å²) in [4.78, 5) is 15.2. The normalized spacial score (nSPS) is 10.7. The number of rotatable bonds is 6. The lowest BCUT2D eigenvalue weighted by Gasteiger charge is -2.07. The second-order valence-electron chi connectivity index (χ2n) is 5.52. The van der Waals surface area contributed by atoms with Crippen molar-refractivity contribution in [3.63, 3.8) is 0 Å². The third-order valence-corrected chi connectivity index (χ3v) is 3.88. The molecule has 0 bridgehead atoms. The van der Waals surface area contributed by atoms with Crippen molar-refractivity contribution in [1.82, 2.24) is 10.3 Å². The molecule has 3 aromatic rings. The fourth-order valence-corrected chi connectivity index (χ4v) is 2.60. The van der Waals surface area contributed by atoms with E-state index >= 15 is 0 Å². The second-order valence-corrected chi connectivity index (χ2v) is 5.52. The molecule has 23 heavy (non-hydrogen) atoms. The molecule has 3 rings (SSSR count). The van der Waals surface area contributed by atoms with Crippen LogP contribution in [0.2, 0.25) is 0 Å². The van der Waals surface area contributed by atoms with Gasteiger partial charge in [0.1, 0.15) is 5.75 Å². The number of hydrogen-bond acceptors (Lipinski definition) is 2. The Morgan fingerprint density at radius 2 is 1.87 bits per heavy atom. The van der Waals surface area contributed by atoms with Gasteiger partial charge in [0, 0.05) is 18.3 Å². The number of fused-ring (bicyclic) bond motifs is 1. The van der Waals surface area contributed by atoms with Crippen LogP contribution >= 0.6 is 0 Å². The highest BCUT2D eigenvalue weighted by molar-refractivity contribution is 5.83. The third-order valence-electron chi connectivity index (χ3n) is 3.88. The summed E-state index contributed by atoms with van der Waals surface area (Å²) in [5, 5.41) is 4.11. The summed E-state index contributed by atoms with van der Waals surface area (Å²) >= 11 is 0. The van der Waals surface area contributed by atoms with Gasteiger partial charge in [0.25, 0.3) is 0 Å². The first-order valence-corrected chi connectivity index (χ1v) is 7.70. The van der Waals surface area contributed by atoms with E-state index in [1.165, 1.54) is 5.56 Å². The van der Waals surface area contributed by atoms with E-state index in [4.69, 9.17) is 4.74 Å². The van der Waals surface area contributed by atoms with E-state index in [0.29, 0.717) is 13.0 Å². The first-order valence-electron chi connectivity index (χ1n) is 7.70. The number of H-pyrrole nitrogens is 1. The van der Waals surface area contributed by atoms with Gasteiger partial charge in [-0.05, 0) is 53.3 Å². The summed E-state index contributed by atoms with van der Waals surface area (Å²) in [5.74, 6) is 0.895. The molecule has 118 valence electrons. The van der Waals surface area contributed by atoms with Gasteiger partial charge in [0.2, 0.25) is 5.91 Å². The van der Waals surface area contributed by atoms with Gasteiger partial charge in [-0.3, -0.25) is 4.79 Å². The van der Waals surface area contributed by atoms with E-state index in [1.54, 1.807) is 7.11 Å². The molecule has 0 aliphatic carbocycles. The zero-order valence-corrected chi connectivity index (χ0v) is 13.1. The van der Waals surface area contributed by atoms with Crippen LogP contribution in [0, 0.1) is 0 Å². The second kappa shape index (κ2) is 7.01. The number of ether oxygens (including phenoxy) is 1. The summed E-state index contributed by atoms with van der Waals surface area (Å²) in [5.41, 5.74) is 3.30. The molecule has 1 amide bonds. The molecule has 4 nitrogen and oxygen atoms in total. The van der Waals surface area contributed by atoms with E-state index < -0.39 is 0 Å². The smallest absolute Gasteiger partial charge is 0.224 e. The molecule has 0 radical (unpaired) electrons. The van der Waals surface area contributed by atoms with Gasteiger partial charge < -0.3 is 15.0 Å². The number of amides is 1. The Balaban J connectivity index is 1.48. The summed E-state index contributed by atoms with van der Waals surface area (Å²) < 4.78 is 5.13. The van der Waals surface area contributed by atoms with Crippen LogP contribution in [0.5, 0.6) is 5.75 Å². The largest absolute Gasteiger partial charge is 0.497 e. The average Bonchev–Trinajstić information content (AvgIpc) is 3.03. The number of carbonyl (C=O) groups excluding carboxylic acids is 1. The van der Waals surface area contributed by atoms with Crippen molar-refractivity contribution in [3.8, 4) is 5.75 Å². The molecule has 0 atom stereocenters. The van der Waals surface area contributed by atoms with Crippen molar-refractivity contribution in [2.75, 3.05) is 13.7 Å². The fraction of sp³-hybridized carbons (Fsp3) is 0.211. The summed E-state index contributed by atoms with van der Waals surface area (Å²) in [6, 6.07) is 16.0. The monoisotopic (exact) mass is 308 g/mol. The molecular weight excluding hydrogens is 288 g/mol. The van der Waals surface area contributed by atoms with Crippen molar-refractivity contribution < 1.29 is 9.53 Å². The van der Waals surface area contributed by atoms with Crippen molar-refractivity contribution in [1.29, 1.82) is 0 Å². The zero-order chi connectivity index (χ0) is 16.1. The Hall–Kier alpha value is -2.75. The van der Waals surface area contributed by atoms with Crippen molar-refractivity contribution in [3.05, 3.63) is 65.9 Å². The number of carbonyl (C=O) groups is 1. The molecule has 0 fully saturated rings. The average molecular weight is 308 g/mol. The van der Waals surface area contributed by atoms with Gasteiger partial charge in [-0.15, -0.1) is 0 Å². The lowest BCUT2D eigenvalue weighted by atomic mass is 10.1. The zero-order valence-electron chi connectivity index (χ0n) is 13.1. The highest BCUT2D eigenvalue weighted by Gasteiger charge is 2.04. The predicted octanol–water partition coefficient (Wildman–Crippen LogP) is 3.08. The van der Waals surface area contributed by atoms with Crippen LogP contribution in [-0.4, -0.2) is 24.5 Å². The van der Waals surface area contributed by atoms with Crippen LogP contribution in [0.25, 0.3) is 10.9 Å². The van der Waals surface area contributed by atoms with Crippen LogP contribution in [0.1, 0.15) is 11.1 Å². The molecular formula is C19H20N2O2. The molecule has 0 aliphatic rings. The van der Waals surface area contributed by atoms with Crippen LogP contribution in [0.3, 0.4) is 0 Å². The molecule has 0 aliphatic heterocycles. The molecule has 0 saturated heterocycles. The molecule has 0 spiro atoms. The summed E-state index contributed by atoms with van der Waals surface area (Å²) in [6.07, 6.45) is 3.12. The van der Waals surface area contributed by atoms with Gasteiger partial charge in [0.15, 0.2) is 0 Å². The Kier molecular flexibility index (Phi) is 4.62. The standard InChI is InChI=1S/C19H20N2O2/c1-23-17-5-2-14(3-6-17)8-10-21-19(22)13-15-4-7-18-16(12-15)9-11-20-18/h2-7,9,11-12,20H,8,10,13H2,1H3,(H,21,22). The highest BCUT2D eigenvalue weighted by atomic mass is 16.5. The highest BCUT2D eigenvalue weighted by Crippen LogP contribution is 2.14. The topological polar surface area (TPSA) is 54.1 Å². The van der Waals surface area contributed by atoms with E-state index in [2.05, 4.69) is 16.4 Å². The fourth-order valence-electron chi connectivity index (χ4n) is 2.60. The SMILES string of the molecule is COc1ccc(CCNC(=O)Cc2ccc3[nH]ccc3c2)cc1. The lowest BCUT2D eigenvalue weighted by molar-refractivity contribution is -0.120. The Morgan fingerprint density at radius 1 is 1.09 bits per heavy atom. The maximum Gasteiger partial charge on any atom is 0.224 e. The van der Waals surface area contributed by atoms with E-state index in [0.717, 1.165) is 28.6 Å². The van der Waals surface area contributed by atoms with Gasteiger partial charge in [-0.25, -0.2) is 0 Å². The number of methoxy groups -OCH3 is 1. The minimum Gasteiger partial charge on any atom is -0.497 e. The number of hydrogen-bond donors (Lipinski definition) is 2. The molecule has 4 heteroatoms. The minimum atomic E-state index is 0.0494. The predicted molar refractivity (Wildman–Crippen MR) is 91.7 cm³/mol. The van der Waals surface area contributed by atoms with Crippen molar-refractivity contribution in [2.24, 2.45) is 0 Å². The molecule has 1 aromatic heterocycles. The Labute approximate surface area is 135 Å². The molecule has 2 aromatic carbocycles.